The first-order chi connectivity index (χ1) is 7.52. The minimum Gasteiger partial charge on any atom is -0.351 e. The molecule has 1 heterocycles. The summed E-state index contributed by atoms with van der Waals surface area (Å²) in [5, 5.41) is 2.85. The predicted octanol–water partition coefficient (Wildman–Crippen LogP) is 0.385. The zero-order chi connectivity index (χ0) is 12.1. The van der Waals surface area contributed by atoms with Gasteiger partial charge in [-0.25, -0.2) is 9.97 Å². The summed E-state index contributed by atoms with van der Waals surface area (Å²) in [6, 6.07) is 0. The van der Waals surface area contributed by atoms with Crippen LogP contribution in [0.1, 0.15) is 21.7 Å². The van der Waals surface area contributed by atoms with Gasteiger partial charge in [0.05, 0.1) is 17.0 Å². The van der Waals surface area contributed by atoms with Gasteiger partial charge in [0, 0.05) is 13.1 Å². The highest BCUT2D eigenvalue weighted by molar-refractivity contribution is 5.96. The van der Waals surface area contributed by atoms with Crippen LogP contribution in [-0.4, -0.2) is 48.0 Å². The summed E-state index contributed by atoms with van der Waals surface area (Å²) in [6.45, 7) is 5.07. The molecular weight excluding hydrogens is 204 g/mol. The Morgan fingerprint density at radius 3 is 2.38 bits per heavy atom. The molecule has 0 bridgehead atoms. The molecule has 0 saturated heterocycles. The first kappa shape index (κ1) is 12.6. The molecule has 0 fully saturated rings. The van der Waals surface area contributed by atoms with Crippen molar-refractivity contribution >= 4 is 5.91 Å². The molecule has 0 atom stereocenters. The molecule has 0 aliphatic rings. The highest BCUT2D eigenvalue weighted by Crippen LogP contribution is 2.07. The van der Waals surface area contributed by atoms with Crippen molar-refractivity contribution < 1.29 is 4.79 Å². The van der Waals surface area contributed by atoms with Gasteiger partial charge in [-0.1, -0.05) is 0 Å². The van der Waals surface area contributed by atoms with Crippen LogP contribution in [-0.2, 0) is 0 Å². The van der Waals surface area contributed by atoms with Crippen LogP contribution < -0.4 is 5.32 Å². The Bertz CT molecular complexity index is 356. The van der Waals surface area contributed by atoms with E-state index in [1.54, 1.807) is 0 Å². The van der Waals surface area contributed by atoms with Crippen molar-refractivity contribution in [2.24, 2.45) is 0 Å². The monoisotopic (exact) mass is 222 g/mol. The summed E-state index contributed by atoms with van der Waals surface area (Å²) < 4.78 is 0. The number of nitrogens with one attached hydrogen (secondary N) is 1. The predicted molar refractivity (Wildman–Crippen MR) is 62.4 cm³/mol. The lowest BCUT2D eigenvalue weighted by Gasteiger charge is -2.11. The standard InChI is InChI=1S/C11H18N4O/c1-8-10(9(2)14-7-13-8)11(16)12-5-6-15(3)4/h7H,5-6H2,1-4H3,(H,12,16). The summed E-state index contributed by atoms with van der Waals surface area (Å²) in [5.41, 5.74) is 2.02. The molecule has 0 spiro atoms. The molecule has 0 aromatic carbocycles. The number of nitrogens with zero attached hydrogens (tertiary/aromatic N) is 3. The number of likely N-dealkylation sites (N-methyl/N-ethyl adjacent to an activating group) is 1. The second-order valence-electron chi connectivity index (χ2n) is 3.98. The Hall–Kier alpha value is -1.49. The van der Waals surface area contributed by atoms with Gasteiger partial charge in [0.15, 0.2) is 0 Å². The Labute approximate surface area is 95.9 Å². The maximum Gasteiger partial charge on any atom is 0.255 e. The van der Waals surface area contributed by atoms with E-state index < -0.39 is 0 Å². The van der Waals surface area contributed by atoms with Gasteiger partial charge in [-0.2, -0.15) is 0 Å². The van der Waals surface area contributed by atoms with E-state index in [9.17, 15) is 4.79 Å². The molecule has 1 N–H and O–H groups in total. The van der Waals surface area contributed by atoms with Crippen LogP contribution >= 0.6 is 0 Å². The van der Waals surface area contributed by atoms with Crippen molar-refractivity contribution in [3.8, 4) is 0 Å². The van der Waals surface area contributed by atoms with Crippen LogP contribution in [0.2, 0.25) is 0 Å². The first-order valence-electron chi connectivity index (χ1n) is 5.23. The molecule has 5 nitrogen and oxygen atoms in total. The minimum atomic E-state index is -0.0996. The molecule has 1 aromatic rings. The average Bonchev–Trinajstić information content (AvgIpc) is 2.16. The lowest BCUT2D eigenvalue weighted by atomic mass is 10.1. The van der Waals surface area contributed by atoms with Crippen LogP contribution in [0, 0.1) is 13.8 Å². The van der Waals surface area contributed by atoms with Gasteiger partial charge in [0.2, 0.25) is 0 Å². The van der Waals surface area contributed by atoms with E-state index in [-0.39, 0.29) is 5.91 Å². The van der Waals surface area contributed by atoms with E-state index in [4.69, 9.17) is 0 Å². The van der Waals surface area contributed by atoms with Gasteiger partial charge >= 0.3 is 0 Å². The summed E-state index contributed by atoms with van der Waals surface area (Å²) in [7, 11) is 3.93. The molecule has 16 heavy (non-hydrogen) atoms. The fraction of sp³-hybridized carbons (Fsp3) is 0.545. The molecule has 0 unspecified atom stereocenters. The third kappa shape index (κ3) is 3.27. The Kier molecular flexibility index (Phi) is 4.37. The highest BCUT2D eigenvalue weighted by atomic mass is 16.1. The molecule has 1 rings (SSSR count). The summed E-state index contributed by atoms with van der Waals surface area (Å²) in [6.07, 6.45) is 1.47. The second kappa shape index (κ2) is 5.55. The largest absolute Gasteiger partial charge is 0.351 e. The smallest absolute Gasteiger partial charge is 0.255 e. The minimum absolute atomic E-state index is 0.0996. The molecule has 88 valence electrons. The molecule has 0 aliphatic heterocycles. The Morgan fingerprint density at radius 1 is 1.31 bits per heavy atom. The number of carbonyl (C=O) groups excluding carboxylic acids is 1. The van der Waals surface area contributed by atoms with Crippen molar-refractivity contribution in [2.75, 3.05) is 27.2 Å². The molecule has 0 radical (unpaired) electrons. The molecular formula is C11H18N4O. The Morgan fingerprint density at radius 2 is 1.88 bits per heavy atom. The normalized spacial score (nSPS) is 10.6. The Balaban J connectivity index is 2.66. The third-order valence-electron chi connectivity index (χ3n) is 2.30. The zero-order valence-electron chi connectivity index (χ0n) is 10.2. The molecule has 5 heteroatoms. The topological polar surface area (TPSA) is 58.1 Å². The van der Waals surface area contributed by atoms with E-state index in [1.807, 2.05) is 32.8 Å². The second-order valence-corrected chi connectivity index (χ2v) is 3.98. The fourth-order valence-corrected chi connectivity index (χ4v) is 1.40. The SMILES string of the molecule is Cc1ncnc(C)c1C(=O)NCCN(C)C. The van der Waals surface area contributed by atoms with Gasteiger partial charge in [-0.05, 0) is 27.9 Å². The van der Waals surface area contributed by atoms with E-state index in [0.717, 1.165) is 17.9 Å². The van der Waals surface area contributed by atoms with Crippen LogP contribution in [0.25, 0.3) is 0 Å². The van der Waals surface area contributed by atoms with Crippen molar-refractivity contribution in [3.63, 3.8) is 0 Å². The van der Waals surface area contributed by atoms with Gasteiger partial charge in [0.1, 0.15) is 6.33 Å². The first-order valence-corrected chi connectivity index (χ1v) is 5.23. The molecule has 0 aliphatic carbocycles. The fourth-order valence-electron chi connectivity index (χ4n) is 1.40. The number of rotatable bonds is 4. The van der Waals surface area contributed by atoms with Crippen LogP contribution in [0.4, 0.5) is 0 Å². The van der Waals surface area contributed by atoms with Gasteiger partial charge < -0.3 is 10.2 Å². The molecule has 1 amide bonds. The zero-order valence-corrected chi connectivity index (χ0v) is 10.2. The summed E-state index contributed by atoms with van der Waals surface area (Å²) in [5.74, 6) is -0.0996. The summed E-state index contributed by atoms with van der Waals surface area (Å²) in [4.78, 5) is 21.9. The van der Waals surface area contributed by atoms with E-state index >= 15 is 0 Å². The van der Waals surface area contributed by atoms with Crippen molar-refractivity contribution in [1.29, 1.82) is 0 Å². The number of aryl methyl sites for hydroxylation is 2. The van der Waals surface area contributed by atoms with Gasteiger partial charge in [-0.15, -0.1) is 0 Å². The number of hydrogen-bond donors (Lipinski definition) is 1. The van der Waals surface area contributed by atoms with Crippen LogP contribution in [0.5, 0.6) is 0 Å². The lowest BCUT2D eigenvalue weighted by Crippen LogP contribution is -2.32. The van der Waals surface area contributed by atoms with Crippen LogP contribution in [0.15, 0.2) is 6.33 Å². The molecule has 0 saturated carbocycles. The number of aromatic nitrogens is 2. The van der Waals surface area contributed by atoms with Gasteiger partial charge in [0.25, 0.3) is 5.91 Å². The number of hydrogen-bond acceptors (Lipinski definition) is 4. The van der Waals surface area contributed by atoms with E-state index in [0.29, 0.717) is 12.1 Å². The third-order valence-corrected chi connectivity index (χ3v) is 2.30. The quantitative estimate of drug-likeness (QED) is 0.800. The van der Waals surface area contributed by atoms with Gasteiger partial charge in [-0.3, -0.25) is 4.79 Å². The van der Waals surface area contributed by atoms with Crippen molar-refractivity contribution in [2.45, 2.75) is 13.8 Å². The molecule has 1 aromatic heterocycles. The van der Waals surface area contributed by atoms with Crippen molar-refractivity contribution in [3.05, 3.63) is 23.3 Å². The summed E-state index contributed by atoms with van der Waals surface area (Å²) >= 11 is 0. The van der Waals surface area contributed by atoms with Crippen LogP contribution in [0.3, 0.4) is 0 Å². The maximum absolute atomic E-state index is 11.9. The highest BCUT2D eigenvalue weighted by Gasteiger charge is 2.13. The number of carbonyl (C=O) groups is 1. The average molecular weight is 222 g/mol. The number of amides is 1. The van der Waals surface area contributed by atoms with E-state index in [2.05, 4.69) is 15.3 Å². The van der Waals surface area contributed by atoms with Crippen molar-refractivity contribution in [1.82, 2.24) is 20.2 Å². The van der Waals surface area contributed by atoms with E-state index in [1.165, 1.54) is 6.33 Å². The lowest BCUT2D eigenvalue weighted by molar-refractivity contribution is 0.0949. The maximum atomic E-state index is 11.9.